The van der Waals surface area contributed by atoms with Crippen molar-refractivity contribution in [1.82, 2.24) is 5.32 Å². The van der Waals surface area contributed by atoms with Gasteiger partial charge in [-0.05, 0) is 13.8 Å². The number of esters is 1. The van der Waals surface area contributed by atoms with E-state index in [9.17, 15) is 4.79 Å². The van der Waals surface area contributed by atoms with Crippen LogP contribution in [0.15, 0.2) is 11.3 Å². The molecule has 0 heterocycles. The third-order valence-electron chi connectivity index (χ3n) is 1.33. The van der Waals surface area contributed by atoms with Gasteiger partial charge in [0.15, 0.2) is 0 Å². The number of rotatable bonds is 3. The molecule has 3 N–H and O–H groups in total. The Kier molecular flexibility index (Phi) is 5.06. The van der Waals surface area contributed by atoms with Crippen LogP contribution in [0.2, 0.25) is 0 Å². The minimum Gasteiger partial charge on any atom is -0.462 e. The predicted molar refractivity (Wildman–Crippen MR) is 55.2 cm³/mol. The van der Waals surface area contributed by atoms with E-state index in [0.717, 1.165) is 0 Å². The van der Waals surface area contributed by atoms with Gasteiger partial charge in [0.1, 0.15) is 10.6 Å². The molecule has 0 amide bonds. The maximum Gasteiger partial charge on any atom is 0.342 e. The van der Waals surface area contributed by atoms with Crippen molar-refractivity contribution in [2.45, 2.75) is 13.8 Å². The molecule has 0 fully saturated rings. The lowest BCUT2D eigenvalue weighted by Crippen LogP contribution is -2.27. The fourth-order valence-electron chi connectivity index (χ4n) is 0.761. The minimum atomic E-state index is -0.484. The van der Waals surface area contributed by atoms with E-state index in [4.69, 9.17) is 22.7 Å². The second-order valence-corrected chi connectivity index (χ2v) is 2.77. The van der Waals surface area contributed by atoms with Gasteiger partial charge in [0, 0.05) is 12.7 Å². The van der Waals surface area contributed by atoms with Gasteiger partial charge in [-0.2, -0.15) is 0 Å². The molecule has 0 aromatic heterocycles. The third kappa shape index (κ3) is 3.42. The Morgan fingerprint density at radius 1 is 1.62 bits per heavy atom. The molecule has 0 bridgehead atoms. The minimum absolute atomic E-state index is 0.236. The number of hydrogen-bond donors (Lipinski definition) is 2. The first-order valence-electron chi connectivity index (χ1n) is 3.90. The van der Waals surface area contributed by atoms with Gasteiger partial charge in [-0.25, -0.2) is 4.79 Å². The molecule has 74 valence electrons. The highest BCUT2D eigenvalue weighted by molar-refractivity contribution is 7.80. The molecule has 0 aliphatic rings. The van der Waals surface area contributed by atoms with E-state index in [1.807, 2.05) is 0 Å². The van der Waals surface area contributed by atoms with Crippen LogP contribution in [0, 0.1) is 0 Å². The van der Waals surface area contributed by atoms with Crippen LogP contribution in [0.4, 0.5) is 0 Å². The van der Waals surface area contributed by atoms with Crippen molar-refractivity contribution in [3.05, 3.63) is 11.3 Å². The average Bonchev–Trinajstić information content (AvgIpc) is 2.04. The topological polar surface area (TPSA) is 64.3 Å². The normalized spacial score (nSPS) is 11.6. The van der Waals surface area contributed by atoms with Crippen molar-refractivity contribution < 1.29 is 9.53 Å². The lowest BCUT2D eigenvalue weighted by molar-refractivity contribution is -0.137. The number of allylic oxidation sites excluding steroid dienone is 1. The Morgan fingerprint density at radius 3 is 2.46 bits per heavy atom. The lowest BCUT2D eigenvalue weighted by atomic mass is 10.2. The fourth-order valence-corrected chi connectivity index (χ4v) is 1.01. The Balaban J connectivity index is 4.75. The largest absolute Gasteiger partial charge is 0.462 e. The highest BCUT2D eigenvalue weighted by Gasteiger charge is 2.16. The molecule has 0 aromatic rings. The van der Waals surface area contributed by atoms with E-state index in [2.05, 4.69) is 5.32 Å². The van der Waals surface area contributed by atoms with Gasteiger partial charge in [0.05, 0.1) is 6.61 Å². The summed E-state index contributed by atoms with van der Waals surface area (Å²) in [7, 11) is 1.63. The van der Waals surface area contributed by atoms with Gasteiger partial charge < -0.3 is 15.8 Å². The summed E-state index contributed by atoms with van der Waals surface area (Å²) < 4.78 is 4.78. The van der Waals surface area contributed by atoms with Crippen LogP contribution in [-0.4, -0.2) is 24.6 Å². The van der Waals surface area contributed by atoms with E-state index in [0.29, 0.717) is 17.3 Å². The summed E-state index contributed by atoms with van der Waals surface area (Å²) >= 11 is 4.89. The fraction of sp³-hybridized carbons (Fsp3) is 0.500. The molecule has 0 radical (unpaired) electrons. The van der Waals surface area contributed by atoms with Gasteiger partial charge in [0.2, 0.25) is 0 Å². The summed E-state index contributed by atoms with van der Waals surface area (Å²) in [5.41, 5.74) is 6.09. The van der Waals surface area contributed by atoms with Gasteiger partial charge >= 0.3 is 5.97 Å². The molecule has 13 heavy (non-hydrogen) atoms. The molecule has 4 nitrogen and oxygen atoms in total. The van der Waals surface area contributed by atoms with Gasteiger partial charge in [-0.15, -0.1) is 0 Å². The number of nitrogens with two attached hydrogens (primary N) is 1. The van der Waals surface area contributed by atoms with E-state index in [1.54, 1.807) is 20.9 Å². The van der Waals surface area contributed by atoms with Crippen LogP contribution >= 0.6 is 12.2 Å². The molecular weight excluding hydrogens is 188 g/mol. The number of carbonyl (C=O) groups is 1. The number of thiocarbonyl (C=S) groups is 1. The first-order valence-corrected chi connectivity index (χ1v) is 4.31. The zero-order chi connectivity index (χ0) is 10.4. The number of carbonyl (C=O) groups excluding carboxylic acids is 1. The zero-order valence-electron chi connectivity index (χ0n) is 8.01. The van der Waals surface area contributed by atoms with Gasteiger partial charge in [-0.3, -0.25) is 0 Å². The number of hydrogen-bond acceptors (Lipinski definition) is 4. The highest BCUT2D eigenvalue weighted by Crippen LogP contribution is 2.03. The van der Waals surface area contributed by atoms with Crippen molar-refractivity contribution in [2.75, 3.05) is 13.7 Å². The first kappa shape index (κ1) is 11.9. The van der Waals surface area contributed by atoms with Crippen LogP contribution in [0.5, 0.6) is 0 Å². The van der Waals surface area contributed by atoms with Crippen molar-refractivity contribution in [3.8, 4) is 0 Å². The predicted octanol–water partition coefficient (Wildman–Crippen LogP) is 0.329. The lowest BCUT2D eigenvalue weighted by Gasteiger charge is -2.09. The summed E-state index contributed by atoms with van der Waals surface area (Å²) in [4.78, 5) is 11.6. The van der Waals surface area contributed by atoms with Crippen LogP contribution in [0.25, 0.3) is 0 Å². The number of ether oxygens (including phenoxy) is 1. The zero-order valence-corrected chi connectivity index (χ0v) is 8.83. The summed E-state index contributed by atoms with van der Waals surface area (Å²) in [5, 5.41) is 2.68. The highest BCUT2D eigenvalue weighted by atomic mass is 32.1. The smallest absolute Gasteiger partial charge is 0.342 e. The molecule has 0 unspecified atom stereocenters. The Morgan fingerprint density at radius 2 is 2.15 bits per heavy atom. The molecule has 0 rings (SSSR count). The van der Waals surface area contributed by atoms with Crippen molar-refractivity contribution in [2.24, 2.45) is 5.73 Å². The summed E-state index contributed by atoms with van der Waals surface area (Å²) in [6.45, 7) is 3.64. The molecule has 0 aliphatic carbocycles. The Bertz CT molecular complexity index is 245. The van der Waals surface area contributed by atoms with E-state index in [1.165, 1.54) is 0 Å². The number of likely N-dealkylation sites (N-methyl/N-ethyl adjacent to an activating group) is 1. The van der Waals surface area contributed by atoms with Crippen LogP contribution < -0.4 is 11.1 Å². The standard InChI is InChI=1S/C8H14N2O2S/c1-4-12-8(11)6(5(2)9)7(13)10-3/h4,9H2,1-3H3,(H,10,13). The van der Waals surface area contributed by atoms with Crippen molar-refractivity contribution >= 4 is 23.2 Å². The molecule has 0 saturated heterocycles. The Labute approximate surface area is 83.1 Å². The first-order chi connectivity index (χ1) is 6.04. The summed E-state index contributed by atoms with van der Waals surface area (Å²) in [5.74, 6) is -0.484. The maximum absolute atomic E-state index is 11.3. The Hall–Kier alpha value is -1.10. The SMILES string of the molecule is CCOC(=O)C(C(=S)NC)=C(C)N. The quantitative estimate of drug-likeness (QED) is 0.392. The molecule has 0 saturated carbocycles. The summed E-state index contributed by atoms with van der Waals surface area (Å²) in [6, 6.07) is 0. The summed E-state index contributed by atoms with van der Waals surface area (Å²) in [6.07, 6.45) is 0. The molecule has 5 heteroatoms. The van der Waals surface area contributed by atoms with Crippen LogP contribution in [-0.2, 0) is 9.53 Å². The van der Waals surface area contributed by atoms with Crippen LogP contribution in [0.3, 0.4) is 0 Å². The second kappa shape index (κ2) is 5.53. The monoisotopic (exact) mass is 202 g/mol. The van der Waals surface area contributed by atoms with Crippen LogP contribution in [0.1, 0.15) is 13.8 Å². The molecular formula is C8H14N2O2S. The number of nitrogens with one attached hydrogen (secondary N) is 1. The molecule has 0 aliphatic heterocycles. The van der Waals surface area contributed by atoms with Gasteiger partial charge in [0.25, 0.3) is 0 Å². The van der Waals surface area contributed by atoms with Gasteiger partial charge in [-0.1, -0.05) is 12.2 Å². The second-order valence-electron chi connectivity index (χ2n) is 2.36. The molecule has 0 aromatic carbocycles. The van der Waals surface area contributed by atoms with Crippen molar-refractivity contribution in [1.29, 1.82) is 0 Å². The molecule has 0 spiro atoms. The van der Waals surface area contributed by atoms with Crippen molar-refractivity contribution in [3.63, 3.8) is 0 Å². The maximum atomic E-state index is 11.3. The molecule has 0 atom stereocenters. The van der Waals surface area contributed by atoms with E-state index >= 15 is 0 Å². The third-order valence-corrected chi connectivity index (χ3v) is 1.74. The van der Waals surface area contributed by atoms with E-state index in [-0.39, 0.29) is 5.57 Å². The average molecular weight is 202 g/mol. The van der Waals surface area contributed by atoms with E-state index < -0.39 is 5.97 Å².